The second kappa shape index (κ2) is 9.32. The van der Waals surface area contributed by atoms with Gasteiger partial charge in [-0.1, -0.05) is 35.5 Å². The number of hydrogen-bond donors (Lipinski definition) is 1. The SMILES string of the molecule is CCOCCCN(CC(=O)Nc1ccon1)C(=O)C1CC1c1ccccc1. The fraction of sp³-hybridized carbons (Fsp3) is 0.450. The molecule has 27 heavy (non-hydrogen) atoms. The first-order valence-electron chi connectivity index (χ1n) is 9.30. The molecule has 1 heterocycles. The molecule has 0 bridgehead atoms. The van der Waals surface area contributed by atoms with Gasteiger partial charge in [-0.2, -0.15) is 0 Å². The number of nitrogens with zero attached hydrogens (tertiary/aromatic N) is 2. The maximum absolute atomic E-state index is 13.0. The Labute approximate surface area is 158 Å². The van der Waals surface area contributed by atoms with Crippen LogP contribution in [0.5, 0.6) is 0 Å². The molecule has 7 nitrogen and oxygen atoms in total. The molecule has 1 aromatic heterocycles. The van der Waals surface area contributed by atoms with Crippen molar-refractivity contribution in [2.45, 2.75) is 25.7 Å². The summed E-state index contributed by atoms with van der Waals surface area (Å²) < 4.78 is 10.1. The maximum Gasteiger partial charge on any atom is 0.245 e. The molecule has 3 rings (SSSR count). The van der Waals surface area contributed by atoms with Crippen molar-refractivity contribution < 1.29 is 18.8 Å². The van der Waals surface area contributed by atoms with E-state index in [2.05, 4.69) is 22.6 Å². The van der Waals surface area contributed by atoms with E-state index in [1.54, 1.807) is 11.0 Å². The van der Waals surface area contributed by atoms with Crippen molar-refractivity contribution in [3.63, 3.8) is 0 Å². The predicted octanol–water partition coefficient (Wildman–Crippen LogP) is 2.67. The summed E-state index contributed by atoms with van der Waals surface area (Å²) in [5, 5.41) is 6.31. The largest absolute Gasteiger partial charge is 0.382 e. The van der Waals surface area contributed by atoms with Gasteiger partial charge in [0, 0.05) is 31.7 Å². The van der Waals surface area contributed by atoms with Crippen LogP contribution in [-0.4, -0.2) is 48.2 Å². The summed E-state index contributed by atoms with van der Waals surface area (Å²) in [5.41, 5.74) is 1.18. The second-order valence-electron chi connectivity index (χ2n) is 6.60. The molecule has 0 radical (unpaired) electrons. The lowest BCUT2D eigenvalue weighted by atomic mass is 10.1. The number of hydrogen-bond acceptors (Lipinski definition) is 5. The third-order valence-corrected chi connectivity index (χ3v) is 4.61. The monoisotopic (exact) mass is 371 g/mol. The highest BCUT2D eigenvalue weighted by Gasteiger charge is 2.45. The van der Waals surface area contributed by atoms with Crippen LogP contribution in [-0.2, 0) is 14.3 Å². The van der Waals surface area contributed by atoms with E-state index in [-0.39, 0.29) is 30.2 Å². The summed E-state index contributed by atoms with van der Waals surface area (Å²) in [6, 6.07) is 11.6. The van der Waals surface area contributed by atoms with E-state index in [1.807, 2.05) is 25.1 Å². The van der Waals surface area contributed by atoms with Gasteiger partial charge in [0.2, 0.25) is 11.8 Å². The van der Waals surface area contributed by atoms with Crippen LogP contribution < -0.4 is 5.32 Å². The van der Waals surface area contributed by atoms with Gasteiger partial charge in [0.15, 0.2) is 5.82 Å². The van der Waals surface area contributed by atoms with Crippen molar-refractivity contribution in [3.05, 3.63) is 48.2 Å². The number of ether oxygens (including phenoxy) is 1. The maximum atomic E-state index is 13.0. The molecule has 0 aliphatic heterocycles. The van der Waals surface area contributed by atoms with E-state index in [0.717, 1.165) is 6.42 Å². The minimum absolute atomic E-state index is 0.00414. The van der Waals surface area contributed by atoms with Gasteiger partial charge in [0.05, 0.1) is 6.54 Å². The van der Waals surface area contributed by atoms with Crippen LogP contribution in [0, 0.1) is 5.92 Å². The highest BCUT2D eigenvalue weighted by molar-refractivity contribution is 5.94. The van der Waals surface area contributed by atoms with Crippen LogP contribution in [0.15, 0.2) is 47.2 Å². The lowest BCUT2D eigenvalue weighted by Crippen LogP contribution is -2.40. The molecule has 2 aromatic rings. The average molecular weight is 371 g/mol. The van der Waals surface area contributed by atoms with Crippen LogP contribution in [0.25, 0.3) is 0 Å². The van der Waals surface area contributed by atoms with Gasteiger partial charge in [-0.15, -0.1) is 0 Å². The molecule has 2 amide bonds. The number of anilines is 1. The zero-order valence-corrected chi connectivity index (χ0v) is 15.5. The molecule has 0 saturated heterocycles. The first-order chi connectivity index (χ1) is 13.2. The quantitative estimate of drug-likeness (QED) is 0.649. The Hall–Kier alpha value is -2.67. The Kier molecular flexibility index (Phi) is 6.59. The van der Waals surface area contributed by atoms with Crippen molar-refractivity contribution in [1.82, 2.24) is 10.1 Å². The molecule has 2 atom stereocenters. The molecule has 144 valence electrons. The minimum atomic E-state index is -0.287. The van der Waals surface area contributed by atoms with Crippen LogP contribution in [0.2, 0.25) is 0 Å². The molecule has 1 N–H and O–H groups in total. The zero-order chi connectivity index (χ0) is 19.1. The third kappa shape index (κ3) is 5.40. The first-order valence-corrected chi connectivity index (χ1v) is 9.30. The van der Waals surface area contributed by atoms with Gasteiger partial charge in [-0.25, -0.2) is 0 Å². The predicted molar refractivity (Wildman–Crippen MR) is 100 cm³/mol. The summed E-state index contributed by atoms with van der Waals surface area (Å²) in [6.45, 7) is 3.62. The fourth-order valence-corrected chi connectivity index (χ4v) is 3.17. The first kappa shape index (κ1) is 19.1. The van der Waals surface area contributed by atoms with Crippen LogP contribution in [0.4, 0.5) is 5.82 Å². The standard InChI is InChI=1S/C20H25N3O4/c1-2-26-11-6-10-23(14-19(24)21-18-9-12-27-22-18)20(25)17-13-16(17)15-7-4-3-5-8-15/h3-5,7-9,12,16-17H,2,6,10-11,13-14H2,1H3,(H,21,22,24). The molecule has 1 aliphatic rings. The number of nitrogens with one attached hydrogen (secondary N) is 1. The Balaban J connectivity index is 1.58. The normalized spacial score (nSPS) is 18.1. The Morgan fingerprint density at radius 3 is 2.81 bits per heavy atom. The van der Waals surface area contributed by atoms with Crippen molar-refractivity contribution in [2.75, 3.05) is 31.6 Å². The van der Waals surface area contributed by atoms with E-state index in [0.29, 0.717) is 32.0 Å². The number of rotatable bonds is 10. The zero-order valence-electron chi connectivity index (χ0n) is 15.5. The molecule has 1 aliphatic carbocycles. The fourth-order valence-electron chi connectivity index (χ4n) is 3.17. The van der Waals surface area contributed by atoms with E-state index < -0.39 is 0 Å². The average Bonchev–Trinajstić information content (AvgIpc) is 3.33. The second-order valence-corrected chi connectivity index (χ2v) is 6.60. The molecule has 2 unspecified atom stereocenters. The Bertz CT molecular complexity index is 733. The number of amides is 2. The van der Waals surface area contributed by atoms with Gasteiger partial charge < -0.3 is 19.5 Å². The van der Waals surface area contributed by atoms with E-state index in [1.165, 1.54) is 11.8 Å². The van der Waals surface area contributed by atoms with E-state index in [9.17, 15) is 9.59 Å². The van der Waals surface area contributed by atoms with Gasteiger partial charge in [0.1, 0.15) is 6.26 Å². The molecular weight excluding hydrogens is 346 g/mol. The smallest absolute Gasteiger partial charge is 0.245 e. The van der Waals surface area contributed by atoms with Crippen molar-refractivity contribution >= 4 is 17.6 Å². The van der Waals surface area contributed by atoms with Crippen LogP contribution in [0.3, 0.4) is 0 Å². The molecular formula is C20H25N3O4. The third-order valence-electron chi connectivity index (χ3n) is 4.61. The van der Waals surface area contributed by atoms with E-state index >= 15 is 0 Å². The highest BCUT2D eigenvalue weighted by Crippen LogP contribution is 2.48. The topological polar surface area (TPSA) is 84.7 Å². The number of carbonyl (C=O) groups is 2. The Morgan fingerprint density at radius 1 is 1.30 bits per heavy atom. The molecule has 0 spiro atoms. The van der Waals surface area contributed by atoms with Crippen molar-refractivity contribution in [1.29, 1.82) is 0 Å². The van der Waals surface area contributed by atoms with Crippen LogP contribution in [0.1, 0.15) is 31.2 Å². The molecule has 1 fully saturated rings. The van der Waals surface area contributed by atoms with Gasteiger partial charge in [0.25, 0.3) is 0 Å². The highest BCUT2D eigenvalue weighted by atomic mass is 16.5. The lowest BCUT2D eigenvalue weighted by molar-refractivity contribution is -0.136. The van der Waals surface area contributed by atoms with E-state index in [4.69, 9.17) is 9.26 Å². The summed E-state index contributed by atoms with van der Waals surface area (Å²) in [5.74, 6) is 0.266. The summed E-state index contributed by atoms with van der Waals surface area (Å²) in [6.07, 6.45) is 2.91. The molecule has 1 aromatic carbocycles. The van der Waals surface area contributed by atoms with Crippen LogP contribution >= 0.6 is 0 Å². The Morgan fingerprint density at radius 2 is 2.11 bits per heavy atom. The van der Waals surface area contributed by atoms with Gasteiger partial charge >= 0.3 is 0 Å². The summed E-state index contributed by atoms with van der Waals surface area (Å²) in [7, 11) is 0. The number of benzene rings is 1. The van der Waals surface area contributed by atoms with Crippen molar-refractivity contribution in [2.24, 2.45) is 5.92 Å². The molecule has 7 heteroatoms. The number of carbonyl (C=O) groups excluding carboxylic acids is 2. The molecule has 1 saturated carbocycles. The summed E-state index contributed by atoms with van der Waals surface area (Å²) in [4.78, 5) is 26.9. The minimum Gasteiger partial charge on any atom is -0.382 e. The lowest BCUT2D eigenvalue weighted by Gasteiger charge is -2.22. The van der Waals surface area contributed by atoms with Gasteiger partial charge in [-0.05, 0) is 31.2 Å². The van der Waals surface area contributed by atoms with Gasteiger partial charge in [-0.3, -0.25) is 9.59 Å². The number of aromatic nitrogens is 1. The summed E-state index contributed by atoms with van der Waals surface area (Å²) >= 11 is 0. The van der Waals surface area contributed by atoms with Crippen molar-refractivity contribution in [3.8, 4) is 0 Å².